The van der Waals surface area contributed by atoms with Crippen molar-refractivity contribution in [3.05, 3.63) is 0 Å². The fourth-order valence-electron chi connectivity index (χ4n) is 2.33. The van der Waals surface area contributed by atoms with Crippen molar-refractivity contribution in [2.24, 2.45) is 5.92 Å². The Morgan fingerprint density at radius 3 is 2.56 bits per heavy atom. The van der Waals surface area contributed by atoms with Gasteiger partial charge in [-0.25, -0.2) is 0 Å². The molecule has 0 aromatic heterocycles. The zero-order chi connectivity index (χ0) is 11.6. The van der Waals surface area contributed by atoms with Crippen molar-refractivity contribution in [1.82, 2.24) is 5.32 Å². The molecule has 0 radical (unpaired) electrons. The minimum atomic E-state index is -0.101. The number of esters is 1. The van der Waals surface area contributed by atoms with Gasteiger partial charge in [0.2, 0.25) is 0 Å². The Labute approximate surface area is 98.9 Å². The molecule has 1 rings (SSSR count). The molecule has 0 unspecified atom stereocenters. The Morgan fingerprint density at radius 2 is 1.94 bits per heavy atom. The largest absolute Gasteiger partial charge is 0.469 e. The van der Waals surface area contributed by atoms with Crippen LogP contribution in [0.15, 0.2) is 0 Å². The summed E-state index contributed by atoms with van der Waals surface area (Å²) < 4.78 is 4.60. The van der Waals surface area contributed by atoms with Crippen LogP contribution in [0.3, 0.4) is 0 Å². The summed E-state index contributed by atoms with van der Waals surface area (Å²) in [6.07, 6.45) is 9.81. The second-order valence-corrected chi connectivity index (χ2v) is 4.74. The van der Waals surface area contributed by atoms with E-state index in [1.54, 1.807) is 0 Å². The van der Waals surface area contributed by atoms with Crippen molar-refractivity contribution in [2.45, 2.75) is 51.4 Å². The summed E-state index contributed by atoms with van der Waals surface area (Å²) in [6.45, 7) is 2.06. The summed E-state index contributed by atoms with van der Waals surface area (Å²) in [4.78, 5) is 10.9. The second kappa shape index (κ2) is 8.57. The highest BCUT2D eigenvalue weighted by Crippen LogP contribution is 2.21. The first-order valence-corrected chi connectivity index (χ1v) is 6.60. The van der Waals surface area contributed by atoms with E-state index in [0.717, 1.165) is 25.4 Å². The third kappa shape index (κ3) is 6.11. The number of nitrogens with one attached hydrogen (secondary N) is 1. The van der Waals surface area contributed by atoms with Crippen LogP contribution in [-0.2, 0) is 9.53 Å². The predicted octanol–water partition coefficient (Wildman–Crippen LogP) is 2.50. The minimum Gasteiger partial charge on any atom is -0.469 e. The number of carbonyl (C=O) groups excluding carboxylic acids is 1. The highest BCUT2D eigenvalue weighted by Gasteiger charge is 2.11. The van der Waals surface area contributed by atoms with Crippen molar-refractivity contribution in [1.29, 1.82) is 0 Å². The number of hydrogen-bond donors (Lipinski definition) is 1. The van der Waals surface area contributed by atoms with E-state index in [1.165, 1.54) is 45.6 Å². The predicted molar refractivity (Wildman–Crippen MR) is 65.3 cm³/mol. The molecule has 16 heavy (non-hydrogen) atoms. The zero-order valence-corrected chi connectivity index (χ0v) is 10.5. The van der Waals surface area contributed by atoms with Gasteiger partial charge in [0.05, 0.1) is 7.11 Å². The molecule has 0 aromatic rings. The lowest BCUT2D eigenvalue weighted by atomic mass is 10.0. The van der Waals surface area contributed by atoms with Crippen LogP contribution in [0.5, 0.6) is 0 Å². The van der Waals surface area contributed by atoms with Crippen molar-refractivity contribution in [3.63, 3.8) is 0 Å². The molecule has 0 heterocycles. The molecule has 94 valence electrons. The molecule has 0 aromatic carbocycles. The molecule has 1 saturated carbocycles. The molecule has 0 bridgehead atoms. The normalized spacial score (nSPS) is 18.1. The van der Waals surface area contributed by atoms with E-state index < -0.39 is 0 Å². The Morgan fingerprint density at radius 1 is 1.25 bits per heavy atom. The molecule has 1 aliphatic carbocycles. The molecule has 1 aliphatic rings. The molecule has 0 aliphatic heterocycles. The quantitative estimate of drug-likeness (QED) is 0.430. The van der Waals surface area contributed by atoms with Gasteiger partial charge in [-0.15, -0.1) is 0 Å². The zero-order valence-electron chi connectivity index (χ0n) is 10.5. The Hall–Kier alpha value is -0.570. The van der Waals surface area contributed by atoms with Crippen LogP contribution in [0.25, 0.3) is 0 Å². The first-order chi connectivity index (χ1) is 7.83. The molecular formula is C13H25NO2. The first-order valence-electron chi connectivity index (χ1n) is 6.60. The van der Waals surface area contributed by atoms with E-state index in [9.17, 15) is 4.79 Å². The van der Waals surface area contributed by atoms with Crippen LogP contribution < -0.4 is 5.32 Å². The van der Waals surface area contributed by atoms with E-state index in [-0.39, 0.29) is 5.97 Å². The van der Waals surface area contributed by atoms with Crippen LogP contribution in [0.2, 0.25) is 0 Å². The van der Waals surface area contributed by atoms with Gasteiger partial charge in [0.1, 0.15) is 0 Å². The van der Waals surface area contributed by atoms with Gasteiger partial charge in [-0.3, -0.25) is 4.79 Å². The molecule has 1 N–H and O–H groups in total. The SMILES string of the molecule is COC(=O)CCCNCC1CCCCCC1. The average molecular weight is 227 g/mol. The van der Waals surface area contributed by atoms with Crippen LogP contribution in [-0.4, -0.2) is 26.2 Å². The summed E-state index contributed by atoms with van der Waals surface area (Å²) in [7, 11) is 1.45. The van der Waals surface area contributed by atoms with E-state index in [2.05, 4.69) is 10.1 Å². The lowest BCUT2D eigenvalue weighted by Gasteiger charge is -2.14. The van der Waals surface area contributed by atoms with Crippen molar-refractivity contribution in [3.8, 4) is 0 Å². The number of carbonyl (C=O) groups is 1. The van der Waals surface area contributed by atoms with Crippen molar-refractivity contribution in [2.75, 3.05) is 20.2 Å². The maximum atomic E-state index is 10.9. The standard InChI is InChI=1S/C13H25NO2/c1-16-13(15)9-6-10-14-11-12-7-4-2-3-5-8-12/h12,14H,2-11H2,1H3. The van der Waals surface area contributed by atoms with E-state index in [4.69, 9.17) is 0 Å². The monoisotopic (exact) mass is 227 g/mol. The van der Waals surface area contributed by atoms with E-state index >= 15 is 0 Å². The number of rotatable bonds is 6. The molecule has 3 heteroatoms. The number of methoxy groups -OCH3 is 1. The molecule has 0 atom stereocenters. The van der Waals surface area contributed by atoms with Crippen LogP contribution in [0.4, 0.5) is 0 Å². The molecule has 3 nitrogen and oxygen atoms in total. The Balaban J connectivity index is 1.95. The maximum Gasteiger partial charge on any atom is 0.305 e. The third-order valence-corrected chi connectivity index (χ3v) is 3.37. The Kier molecular flexibility index (Phi) is 7.23. The van der Waals surface area contributed by atoms with Crippen LogP contribution in [0.1, 0.15) is 51.4 Å². The number of ether oxygens (including phenoxy) is 1. The summed E-state index contributed by atoms with van der Waals surface area (Å²) >= 11 is 0. The van der Waals surface area contributed by atoms with E-state index in [0.29, 0.717) is 6.42 Å². The molecule has 1 fully saturated rings. The first kappa shape index (κ1) is 13.5. The van der Waals surface area contributed by atoms with Crippen LogP contribution in [0, 0.1) is 5.92 Å². The highest BCUT2D eigenvalue weighted by atomic mass is 16.5. The van der Waals surface area contributed by atoms with Gasteiger partial charge < -0.3 is 10.1 Å². The van der Waals surface area contributed by atoms with Gasteiger partial charge in [0.15, 0.2) is 0 Å². The number of hydrogen-bond acceptors (Lipinski definition) is 3. The lowest BCUT2D eigenvalue weighted by Crippen LogP contribution is -2.24. The van der Waals surface area contributed by atoms with Crippen LogP contribution >= 0.6 is 0 Å². The van der Waals surface area contributed by atoms with Gasteiger partial charge >= 0.3 is 5.97 Å². The molecule has 0 amide bonds. The van der Waals surface area contributed by atoms with Gasteiger partial charge in [-0.2, -0.15) is 0 Å². The smallest absolute Gasteiger partial charge is 0.305 e. The average Bonchev–Trinajstić information content (AvgIpc) is 2.57. The summed E-state index contributed by atoms with van der Waals surface area (Å²) in [5.41, 5.74) is 0. The third-order valence-electron chi connectivity index (χ3n) is 3.37. The topological polar surface area (TPSA) is 38.3 Å². The fraction of sp³-hybridized carbons (Fsp3) is 0.923. The van der Waals surface area contributed by atoms with Gasteiger partial charge in [-0.05, 0) is 38.3 Å². The van der Waals surface area contributed by atoms with E-state index in [1.807, 2.05) is 0 Å². The molecule has 0 spiro atoms. The molecular weight excluding hydrogens is 202 g/mol. The second-order valence-electron chi connectivity index (χ2n) is 4.74. The fourth-order valence-corrected chi connectivity index (χ4v) is 2.33. The summed E-state index contributed by atoms with van der Waals surface area (Å²) in [5, 5.41) is 3.45. The van der Waals surface area contributed by atoms with Gasteiger partial charge in [0.25, 0.3) is 0 Å². The van der Waals surface area contributed by atoms with Crippen molar-refractivity contribution >= 4 is 5.97 Å². The Bertz CT molecular complexity index is 186. The molecule has 0 saturated heterocycles. The minimum absolute atomic E-state index is 0.101. The summed E-state index contributed by atoms with van der Waals surface area (Å²) in [5.74, 6) is 0.761. The van der Waals surface area contributed by atoms with Gasteiger partial charge in [0, 0.05) is 6.42 Å². The van der Waals surface area contributed by atoms with Crippen molar-refractivity contribution < 1.29 is 9.53 Å². The summed E-state index contributed by atoms with van der Waals surface area (Å²) in [6, 6.07) is 0. The highest BCUT2D eigenvalue weighted by molar-refractivity contribution is 5.68. The maximum absolute atomic E-state index is 10.9. The lowest BCUT2D eigenvalue weighted by molar-refractivity contribution is -0.140. The van der Waals surface area contributed by atoms with Gasteiger partial charge in [-0.1, -0.05) is 25.7 Å².